The molecule has 0 atom stereocenters. The summed E-state index contributed by atoms with van der Waals surface area (Å²) in [6.07, 6.45) is -4.81. The van der Waals surface area contributed by atoms with Gasteiger partial charge in [-0.25, -0.2) is 9.37 Å². The highest BCUT2D eigenvalue weighted by atomic mass is 19.4. The highest BCUT2D eigenvalue weighted by molar-refractivity contribution is 6.05. The van der Waals surface area contributed by atoms with E-state index in [9.17, 15) is 22.4 Å². The van der Waals surface area contributed by atoms with Crippen LogP contribution in [0, 0.1) is 5.82 Å². The molecule has 4 aromatic rings. The highest BCUT2D eigenvalue weighted by Gasteiger charge is 2.38. The Kier molecular flexibility index (Phi) is 5.15. The molecule has 0 bridgehead atoms. The van der Waals surface area contributed by atoms with Crippen LogP contribution in [0.25, 0.3) is 22.6 Å². The number of tetrazole rings is 1. The van der Waals surface area contributed by atoms with Crippen LogP contribution in [0.3, 0.4) is 0 Å². The van der Waals surface area contributed by atoms with Crippen molar-refractivity contribution < 1.29 is 22.4 Å². The number of H-pyrrole nitrogens is 1. The van der Waals surface area contributed by atoms with Crippen LogP contribution in [0.5, 0.6) is 0 Å². The van der Waals surface area contributed by atoms with E-state index in [2.05, 4.69) is 30.9 Å². The third kappa shape index (κ3) is 4.25. The maximum atomic E-state index is 14.0. The molecule has 0 aliphatic rings. The van der Waals surface area contributed by atoms with Crippen molar-refractivity contribution in [2.75, 3.05) is 5.32 Å². The number of halogens is 4. The Hall–Kier alpha value is -4.15. The number of carbonyl (C=O) groups excluding carboxylic acids is 1. The number of benzene rings is 2. The second-order valence-electron chi connectivity index (χ2n) is 6.34. The van der Waals surface area contributed by atoms with Gasteiger partial charge in [-0.05, 0) is 35.5 Å². The molecule has 2 aromatic heterocycles. The smallest absolute Gasteiger partial charge is 0.306 e. The summed E-state index contributed by atoms with van der Waals surface area (Å²) < 4.78 is 55.0. The van der Waals surface area contributed by atoms with Gasteiger partial charge in [0.05, 0.1) is 16.8 Å². The highest BCUT2D eigenvalue weighted by Crippen LogP contribution is 2.41. The van der Waals surface area contributed by atoms with Crippen molar-refractivity contribution in [3.05, 3.63) is 77.6 Å². The summed E-state index contributed by atoms with van der Waals surface area (Å²) in [4.78, 5) is 16.9. The Labute approximate surface area is 172 Å². The molecule has 0 spiro atoms. The Balaban J connectivity index is 1.90. The fraction of sp³-hybridized carbons (Fsp3) is 0.0500. The maximum Gasteiger partial charge on any atom is 0.417 e. The molecule has 156 valence electrons. The van der Waals surface area contributed by atoms with Gasteiger partial charge in [-0.1, -0.05) is 30.3 Å². The van der Waals surface area contributed by atoms with E-state index in [1.54, 1.807) is 30.3 Å². The van der Waals surface area contributed by atoms with Crippen LogP contribution in [-0.4, -0.2) is 31.5 Å². The van der Waals surface area contributed by atoms with Crippen LogP contribution in [-0.2, 0) is 6.18 Å². The Bertz CT molecular complexity index is 1210. The zero-order valence-corrected chi connectivity index (χ0v) is 15.5. The van der Waals surface area contributed by atoms with Crippen molar-refractivity contribution >= 4 is 11.7 Å². The van der Waals surface area contributed by atoms with Gasteiger partial charge in [-0.15, -0.1) is 10.2 Å². The molecule has 31 heavy (non-hydrogen) atoms. The predicted octanol–water partition coefficient (Wildman–Crippen LogP) is 4.34. The lowest BCUT2D eigenvalue weighted by Gasteiger charge is -2.17. The molecule has 0 radical (unpaired) electrons. The van der Waals surface area contributed by atoms with E-state index in [-0.39, 0.29) is 11.3 Å². The SMILES string of the molecule is O=C(Nc1nc(-c2ccccc2)cc(C(F)(F)F)c1-c1nn[nH]n1)c1ccc(F)cc1. The molecular weight excluding hydrogens is 416 g/mol. The Morgan fingerprint density at radius 3 is 2.32 bits per heavy atom. The van der Waals surface area contributed by atoms with Crippen LogP contribution in [0.2, 0.25) is 0 Å². The molecule has 0 aliphatic heterocycles. The molecule has 0 fully saturated rings. The lowest BCUT2D eigenvalue weighted by Crippen LogP contribution is -2.17. The third-order valence-corrected chi connectivity index (χ3v) is 4.30. The maximum absolute atomic E-state index is 14.0. The predicted molar refractivity (Wildman–Crippen MR) is 102 cm³/mol. The van der Waals surface area contributed by atoms with Crippen LogP contribution in [0.1, 0.15) is 15.9 Å². The van der Waals surface area contributed by atoms with Gasteiger partial charge in [-0.3, -0.25) is 4.79 Å². The van der Waals surface area contributed by atoms with Crippen LogP contribution in [0.4, 0.5) is 23.4 Å². The first kappa shape index (κ1) is 20.1. The van der Waals surface area contributed by atoms with Crippen LogP contribution in [0.15, 0.2) is 60.7 Å². The number of hydrogen-bond donors (Lipinski definition) is 2. The molecule has 1 amide bonds. The summed E-state index contributed by atoms with van der Waals surface area (Å²) in [5, 5.41) is 15.0. The molecule has 0 saturated heterocycles. The van der Waals surface area contributed by atoms with Crippen molar-refractivity contribution in [3.63, 3.8) is 0 Å². The summed E-state index contributed by atoms with van der Waals surface area (Å²) in [6.45, 7) is 0. The number of rotatable bonds is 4. The van der Waals surface area contributed by atoms with E-state index in [1.165, 1.54) is 12.1 Å². The largest absolute Gasteiger partial charge is 0.417 e. The van der Waals surface area contributed by atoms with Crippen molar-refractivity contribution in [2.24, 2.45) is 0 Å². The summed E-state index contributed by atoms with van der Waals surface area (Å²) in [5.74, 6) is -2.15. The van der Waals surface area contributed by atoms with Gasteiger partial charge in [0.15, 0.2) is 0 Å². The second kappa shape index (κ2) is 7.94. The number of alkyl halides is 3. The fourth-order valence-electron chi connectivity index (χ4n) is 2.89. The van der Waals surface area contributed by atoms with Crippen molar-refractivity contribution in [3.8, 4) is 22.6 Å². The molecule has 0 aliphatic carbocycles. The first-order chi connectivity index (χ1) is 14.8. The van der Waals surface area contributed by atoms with Gasteiger partial charge in [-0.2, -0.15) is 18.4 Å². The van der Waals surface area contributed by atoms with Crippen molar-refractivity contribution in [1.29, 1.82) is 0 Å². The number of carbonyl (C=O) groups is 1. The van der Waals surface area contributed by atoms with E-state index < -0.39 is 40.7 Å². The first-order valence-electron chi connectivity index (χ1n) is 8.81. The Morgan fingerprint density at radius 2 is 1.71 bits per heavy atom. The van der Waals surface area contributed by atoms with E-state index in [0.717, 1.165) is 18.2 Å². The normalized spacial score (nSPS) is 11.4. The van der Waals surface area contributed by atoms with E-state index in [4.69, 9.17) is 0 Å². The number of amides is 1. The molecule has 11 heteroatoms. The molecule has 4 rings (SSSR count). The average Bonchev–Trinajstić information content (AvgIpc) is 3.28. The van der Waals surface area contributed by atoms with Gasteiger partial charge >= 0.3 is 6.18 Å². The topological polar surface area (TPSA) is 96.5 Å². The molecule has 2 N–H and O–H groups in total. The molecular formula is C20H12F4N6O. The van der Waals surface area contributed by atoms with E-state index in [0.29, 0.717) is 5.56 Å². The summed E-state index contributed by atoms with van der Waals surface area (Å²) in [5.41, 5.74) is -1.23. The van der Waals surface area contributed by atoms with Gasteiger partial charge in [0.1, 0.15) is 11.6 Å². The number of pyridine rings is 1. The number of hydrogen-bond acceptors (Lipinski definition) is 5. The van der Waals surface area contributed by atoms with Crippen LogP contribution < -0.4 is 5.32 Å². The zero-order valence-electron chi connectivity index (χ0n) is 15.5. The second-order valence-corrected chi connectivity index (χ2v) is 6.34. The van der Waals surface area contributed by atoms with E-state index in [1.807, 2.05) is 0 Å². The first-order valence-corrected chi connectivity index (χ1v) is 8.81. The molecule has 7 nitrogen and oxygen atoms in total. The van der Waals surface area contributed by atoms with Gasteiger partial charge in [0.2, 0.25) is 5.82 Å². The summed E-state index contributed by atoms with van der Waals surface area (Å²) in [6, 6.07) is 13.5. The van der Waals surface area contributed by atoms with Crippen molar-refractivity contribution in [1.82, 2.24) is 25.6 Å². The van der Waals surface area contributed by atoms with Gasteiger partial charge < -0.3 is 5.32 Å². The minimum absolute atomic E-state index is 0.0189. The average molecular weight is 428 g/mol. The number of aromatic nitrogens is 5. The number of aromatic amines is 1. The lowest BCUT2D eigenvalue weighted by atomic mass is 10.0. The Morgan fingerprint density at radius 1 is 1.00 bits per heavy atom. The zero-order chi connectivity index (χ0) is 22.0. The summed E-state index contributed by atoms with van der Waals surface area (Å²) in [7, 11) is 0. The van der Waals surface area contributed by atoms with Gasteiger partial charge in [0.25, 0.3) is 5.91 Å². The number of nitrogens with one attached hydrogen (secondary N) is 2. The molecule has 2 heterocycles. The third-order valence-electron chi connectivity index (χ3n) is 4.30. The van der Waals surface area contributed by atoms with Crippen molar-refractivity contribution in [2.45, 2.75) is 6.18 Å². The number of anilines is 1. The van der Waals surface area contributed by atoms with Gasteiger partial charge in [0, 0.05) is 11.1 Å². The fourth-order valence-corrected chi connectivity index (χ4v) is 2.89. The minimum Gasteiger partial charge on any atom is -0.306 e. The quantitative estimate of drug-likeness (QED) is 0.472. The van der Waals surface area contributed by atoms with E-state index >= 15 is 0 Å². The van der Waals surface area contributed by atoms with Crippen LogP contribution >= 0.6 is 0 Å². The standard InChI is InChI=1S/C20H12F4N6O/c21-13-8-6-12(7-9-13)19(31)26-17-16(18-27-29-30-28-18)14(20(22,23)24)10-15(25-17)11-4-2-1-3-5-11/h1-10H,(H,25,26,31)(H,27,28,29,30). The lowest BCUT2D eigenvalue weighted by molar-refractivity contribution is -0.137. The molecule has 2 aromatic carbocycles. The monoisotopic (exact) mass is 428 g/mol. The number of nitrogens with zero attached hydrogens (tertiary/aromatic N) is 4. The molecule has 0 unspecified atom stereocenters. The summed E-state index contributed by atoms with van der Waals surface area (Å²) >= 11 is 0. The minimum atomic E-state index is -4.81. The molecule has 0 saturated carbocycles.